The minimum absolute atomic E-state index is 0. The van der Waals surface area contributed by atoms with Crippen LogP contribution in [0.15, 0.2) is 0 Å². The minimum Gasteiger partial charge on any atom is -1.00 e. The van der Waals surface area contributed by atoms with Crippen LogP contribution in [-0.4, -0.2) is 10.5 Å². The van der Waals surface area contributed by atoms with Gasteiger partial charge < -0.3 is 6.16 Å². The zero-order valence-electron chi connectivity index (χ0n) is 6.46. The number of hydrogen-bond donors (Lipinski definition) is 1. The first-order valence-corrected chi connectivity index (χ1v) is 3.54. The second-order valence-electron chi connectivity index (χ2n) is 1.94. The summed E-state index contributed by atoms with van der Waals surface area (Å²) in [4.78, 5) is 0. The fourth-order valence-electron chi connectivity index (χ4n) is 0.631. The maximum atomic E-state index is 5.08. The maximum Gasteiger partial charge on any atom is 1.00 e. The molecule has 0 aliphatic heterocycles. The average molecular weight is 188 g/mol. The zero-order valence-corrected chi connectivity index (χ0v) is 10.3. The van der Waals surface area contributed by atoms with Crippen molar-refractivity contribution in [1.82, 2.24) is 0 Å². The summed E-state index contributed by atoms with van der Waals surface area (Å²) in [6.45, 7) is 0. The summed E-state index contributed by atoms with van der Waals surface area (Å²) in [7, 11) is 0. The molecule has 0 bridgehead atoms. The number of rotatable bonds is 1. The molecule has 0 radical (unpaired) electrons. The Bertz CT molecular complexity index is 108. The smallest absolute Gasteiger partial charge is 1.00 e. The molecule has 0 aromatic carbocycles. The van der Waals surface area contributed by atoms with Crippen molar-refractivity contribution in [1.29, 1.82) is 0 Å². The molecule has 0 N–H and O–H groups in total. The average Bonchev–Trinajstić information content (AvgIpc) is 1.55. The van der Waals surface area contributed by atoms with Crippen molar-refractivity contribution in [2.24, 2.45) is 0 Å². The summed E-state index contributed by atoms with van der Waals surface area (Å²) < 4.78 is 5.47. The summed E-state index contributed by atoms with van der Waals surface area (Å²) in [6, 6.07) is 0. The molecule has 0 atom stereocenters. The van der Waals surface area contributed by atoms with Gasteiger partial charge in [-0.05, 0) is 31.5 Å². The Labute approximate surface area is 110 Å². The van der Waals surface area contributed by atoms with E-state index in [1.807, 2.05) is 0 Å². The van der Waals surface area contributed by atoms with E-state index < -0.39 is 0 Å². The predicted molar refractivity (Wildman–Crippen MR) is 41.4 cm³/mol. The van der Waals surface area contributed by atoms with Gasteiger partial charge in [0.1, 0.15) is 6.10 Å². The Hall–Kier alpha value is 1.88. The van der Waals surface area contributed by atoms with Gasteiger partial charge in [-0.15, -0.1) is 0 Å². The minimum atomic E-state index is 0. The molecular formula is C5H9KOS2. The van der Waals surface area contributed by atoms with E-state index in [-0.39, 0.29) is 52.8 Å². The van der Waals surface area contributed by atoms with Gasteiger partial charge in [-0.3, -0.25) is 0 Å². The Morgan fingerprint density at radius 3 is 2.33 bits per heavy atom. The first-order valence-electron chi connectivity index (χ1n) is 2.68. The van der Waals surface area contributed by atoms with Crippen molar-refractivity contribution in [2.75, 3.05) is 0 Å². The number of thiocarbonyl (C=S) groups is 1. The molecule has 0 saturated heterocycles. The molecular weight excluding hydrogens is 179 g/mol. The Morgan fingerprint density at radius 1 is 1.67 bits per heavy atom. The third kappa shape index (κ3) is 4.34. The molecule has 1 aliphatic carbocycles. The van der Waals surface area contributed by atoms with Gasteiger partial charge in [0.2, 0.25) is 4.38 Å². The fraction of sp³-hybridized carbons (Fsp3) is 0.800. The van der Waals surface area contributed by atoms with Crippen molar-refractivity contribution >= 4 is 29.2 Å². The van der Waals surface area contributed by atoms with Crippen molar-refractivity contribution in [2.45, 2.75) is 25.4 Å². The van der Waals surface area contributed by atoms with E-state index in [2.05, 4.69) is 24.8 Å². The largest absolute Gasteiger partial charge is 1.00 e. The summed E-state index contributed by atoms with van der Waals surface area (Å²) in [6.07, 6.45) is 3.97. The van der Waals surface area contributed by atoms with Crippen molar-refractivity contribution in [3.05, 3.63) is 0 Å². The summed E-state index contributed by atoms with van der Waals surface area (Å²) >= 11 is 8.45. The second-order valence-corrected chi connectivity index (χ2v) is 3.02. The Morgan fingerprint density at radius 2 is 2.22 bits per heavy atom. The standard InChI is InChI=1S/C5H8OS2.K.H/c7-5(8)6-4-2-1-3-4;;/h4H,1-3H2,(H,7,8);;/q;+1;-1. The van der Waals surface area contributed by atoms with E-state index in [0.29, 0.717) is 10.5 Å². The van der Waals surface area contributed by atoms with Gasteiger partial charge in [0.25, 0.3) is 0 Å². The van der Waals surface area contributed by atoms with Crippen molar-refractivity contribution in [3.8, 4) is 0 Å². The van der Waals surface area contributed by atoms with Crippen LogP contribution in [0.4, 0.5) is 0 Å². The molecule has 0 amide bonds. The van der Waals surface area contributed by atoms with Crippen LogP contribution >= 0.6 is 24.8 Å². The number of ether oxygens (including phenoxy) is 1. The van der Waals surface area contributed by atoms with E-state index in [1.54, 1.807) is 0 Å². The van der Waals surface area contributed by atoms with Gasteiger partial charge in [0, 0.05) is 0 Å². The normalized spacial score (nSPS) is 17.4. The van der Waals surface area contributed by atoms with Crippen LogP contribution in [0.5, 0.6) is 0 Å². The van der Waals surface area contributed by atoms with Gasteiger partial charge in [-0.25, -0.2) is 0 Å². The molecule has 1 aliphatic rings. The Kier molecular flexibility index (Phi) is 6.67. The fourth-order valence-corrected chi connectivity index (χ4v) is 0.916. The van der Waals surface area contributed by atoms with Gasteiger partial charge in [-0.1, -0.05) is 12.6 Å². The van der Waals surface area contributed by atoms with Crippen molar-refractivity contribution < 1.29 is 57.5 Å². The van der Waals surface area contributed by atoms with Crippen LogP contribution in [0.3, 0.4) is 0 Å². The van der Waals surface area contributed by atoms with Crippen LogP contribution < -0.4 is 51.4 Å². The molecule has 0 spiro atoms. The van der Waals surface area contributed by atoms with Crippen molar-refractivity contribution in [3.63, 3.8) is 0 Å². The van der Waals surface area contributed by atoms with E-state index in [1.165, 1.54) is 6.42 Å². The summed E-state index contributed by atoms with van der Waals surface area (Å²) in [5.41, 5.74) is 0. The molecule has 0 aromatic heterocycles. The van der Waals surface area contributed by atoms with Gasteiger partial charge in [0.15, 0.2) is 0 Å². The van der Waals surface area contributed by atoms with Crippen LogP contribution in [0.2, 0.25) is 0 Å². The third-order valence-electron chi connectivity index (χ3n) is 1.32. The molecule has 0 heterocycles. The van der Waals surface area contributed by atoms with Gasteiger partial charge >= 0.3 is 51.4 Å². The zero-order chi connectivity index (χ0) is 5.98. The second kappa shape index (κ2) is 5.52. The topological polar surface area (TPSA) is 9.23 Å². The van der Waals surface area contributed by atoms with Gasteiger partial charge in [-0.2, -0.15) is 0 Å². The van der Waals surface area contributed by atoms with Crippen LogP contribution in [0.25, 0.3) is 0 Å². The van der Waals surface area contributed by atoms with E-state index in [0.717, 1.165) is 12.8 Å². The van der Waals surface area contributed by atoms with E-state index in [4.69, 9.17) is 4.74 Å². The molecule has 0 aromatic rings. The predicted octanol–water partition coefficient (Wildman–Crippen LogP) is -1.11. The molecule has 1 fully saturated rings. The molecule has 1 rings (SSSR count). The van der Waals surface area contributed by atoms with E-state index >= 15 is 0 Å². The molecule has 4 heteroatoms. The first-order chi connectivity index (χ1) is 3.79. The molecule has 9 heavy (non-hydrogen) atoms. The Balaban J connectivity index is 0. The number of hydrogen-bond acceptors (Lipinski definition) is 2. The first kappa shape index (κ1) is 10.9. The van der Waals surface area contributed by atoms with Gasteiger partial charge in [0.05, 0.1) is 0 Å². The van der Waals surface area contributed by atoms with Crippen LogP contribution in [-0.2, 0) is 4.74 Å². The molecule has 1 saturated carbocycles. The SMILES string of the molecule is S=C(S)OC1CCC1.[H-].[K+]. The van der Waals surface area contributed by atoms with Crippen LogP contribution in [0.1, 0.15) is 20.7 Å². The number of thiol groups is 1. The van der Waals surface area contributed by atoms with Crippen LogP contribution in [0, 0.1) is 0 Å². The molecule has 48 valence electrons. The third-order valence-corrected chi connectivity index (χ3v) is 1.52. The summed E-state index contributed by atoms with van der Waals surface area (Å²) in [5.74, 6) is 0. The summed E-state index contributed by atoms with van der Waals surface area (Å²) in [5, 5.41) is 0. The maximum absolute atomic E-state index is 5.08. The quantitative estimate of drug-likeness (QED) is 0.317. The molecule has 0 unspecified atom stereocenters. The monoisotopic (exact) mass is 188 g/mol. The van der Waals surface area contributed by atoms with E-state index in [9.17, 15) is 0 Å². The molecule has 1 nitrogen and oxygen atoms in total.